The van der Waals surface area contributed by atoms with E-state index in [1.165, 1.54) is 36.4 Å². The molecule has 0 aliphatic carbocycles. The van der Waals surface area contributed by atoms with Crippen LogP contribution in [0.5, 0.6) is 0 Å². The zero-order valence-corrected chi connectivity index (χ0v) is 14.7. The Morgan fingerprint density at radius 3 is 2.26 bits per heavy atom. The van der Waals surface area contributed by atoms with E-state index >= 15 is 0 Å². The Kier molecular flexibility index (Phi) is 5.64. The summed E-state index contributed by atoms with van der Waals surface area (Å²) in [5.41, 5.74) is 1.37. The summed E-state index contributed by atoms with van der Waals surface area (Å²) >= 11 is 0. The lowest BCUT2D eigenvalue weighted by Gasteiger charge is -2.32. The minimum absolute atomic E-state index is 0.0710. The molecule has 1 atom stereocenters. The summed E-state index contributed by atoms with van der Waals surface area (Å²) in [6.07, 6.45) is 1.60. The number of piperidine rings is 1. The summed E-state index contributed by atoms with van der Waals surface area (Å²) in [5, 5.41) is 8.92. The van der Waals surface area contributed by atoms with Crippen LogP contribution in [0.25, 0.3) is 0 Å². The van der Waals surface area contributed by atoms with Crippen LogP contribution >= 0.6 is 0 Å². The Morgan fingerprint density at radius 2 is 1.63 bits per heavy atom. The summed E-state index contributed by atoms with van der Waals surface area (Å²) < 4.78 is 13.0. The van der Waals surface area contributed by atoms with Crippen molar-refractivity contribution in [1.82, 2.24) is 4.90 Å². The first-order chi connectivity index (χ1) is 12.9. The van der Waals surface area contributed by atoms with Crippen molar-refractivity contribution in [3.8, 4) is 0 Å². The summed E-state index contributed by atoms with van der Waals surface area (Å²) in [6.45, 7) is 0.946. The molecule has 1 amide bonds. The van der Waals surface area contributed by atoms with Gasteiger partial charge in [-0.1, -0.05) is 12.1 Å². The lowest BCUT2D eigenvalue weighted by atomic mass is 9.89. The molecule has 0 bridgehead atoms. The predicted molar refractivity (Wildman–Crippen MR) is 97.1 cm³/mol. The van der Waals surface area contributed by atoms with Crippen molar-refractivity contribution in [3.63, 3.8) is 0 Å². The van der Waals surface area contributed by atoms with E-state index in [9.17, 15) is 18.8 Å². The van der Waals surface area contributed by atoms with E-state index < -0.39 is 5.97 Å². The maximum atomic E-state index is 13.0. The molecule has 1 saturated heterocycles. The number of carbonyl (C=O) groups excluding carboxylic acids is 2. The van der Waals surface area contributed by atoms with Crippen LogP contribution in [0, 0.1) is 11.7 Å². The first-order valence-corrected chi connectivity index (χ1v) is 8.84. The molecule has 2 aromatic rings. The van der Waals surface area contributed by atoms with Crippen LogP contribution in [0.3, 0.4) is 0 Å². The van der Waals surface area contributed by atoms with E-state index in [4.69, 9.17) is 5.11 Å². The number of carboxylic acids is 1. The highest BCUT2D eigenvalue weighted by molar-refractivity contribution is 5.98. The van der Waals surface area contributed by atoms with Gasteiger partial charge in [0.2, 0.25) is 5.91 Å². The van der Waals surface area contributed by atoms with Crippen molar-refractivity contribution in [2.45, 2.75) is 19.3 Å². The fourth-order valence-corrected chi connectivity index (χ4v) is 3.32. The number of benzene rings is 2. The molecule has 1 aliphatic rings. The Labute approximate surface area is 156 Å². The van der Waals surface area contributed by atoms with Crippen molar-refractivity contribution < 1.29 is 23.9 Å². The van der Waals surface area contributed by atoms with Gasteiger partial charge in [0, 0.05) is 24.6 Å². The normalized spacial score (nSPS) is 16.8. The maximum absolute atomic E-state index is 13.0. The number of Topliss-reactive ketones (excluding diaryl/α,β-unsaturated/α-hetero) is 1. The van der Waals surface area contributed by atoms with Gasteiger partial charge in [0.15, 0.2) is 5.78 Å². The molecule has 1 heterocycles. The number of nitrogens with zero attached hydrogens (tertiary/aromatic N) is 1. The molecule has 140 valence electrons. The third kappa shape index (κ3) is 4.58. The minimum Gasteiger partial charge on any atom is -0.478 e. The average Bonchev–Trinajstić information content (AvgIpc) is 2.68. The molecule has 2 aromatic carbocycles. The molecule has 1 aliphatic heterocycles. The lowest BCUT2D eigenvalue weighted by Crippen LogP contribution is -2.43. The number of ketones is 1. The quantitative estimate of drug-likeness (QED) is 0.822. The number of likely N-dealkylation sites (tertiary alicyclic amines) is 1. The molecule has 0 spiro atoms. The zero-order chi connectivity index (χ0) is 19.4. The number of carboxylic acid groups (broad SMARTS) is 1. The zero-order valence-electron chi connectivity index (χ0n) is 14.7. The molecule has 6 heteroatoms. The molecule has 0 radical (unpaired) electrons. The molecule has 5 nitrogen and oxygen atoms in total. The number of aromatic carboxylic acids is 1. The molecule has 0 saturated carbocycles. The highest BCUT2D eigenvalue weighted by Crippen LogP contribution is 2.22. The second kappa shape index (κ2) is 8.12. The summed E-state index contributed by atoms with van der Waals surface area (Å²) in [5.74, 6) is -1.84. The third-order valence-corrected chi connectivity index (χ3v) is 4.83. The smallest absolute Gasteiger partial charge is 0.335 e. The van der Waals surface area contributed by atoms with E-state index in [0.717, 1.165) is 12.0 Å². The number of carbonyl (C=O) groups is 3. The van der Waals surface area contributed by atoms with Crippen molar-refractivity contribution in [2.75, 3.05) is 13.1 Å². The largest absolute Gasteiger partial charge is 0.478 e. The topological polar surface area (TPSA) is 74.7 Å². The number of rotatable bonds is 5. The number of hydrogen-bond donors (Lipinski definition) is 1. The van der Waals surface area contributed by atoms with Crippen molar-refractivity contribution in [1.29, 1.82) is 0 Å². The molecule has 1 fully saturated rings. The number of halogens is 1. The van der Waals surface area contributed by atoms with Crippen LogP contribution in [0.1, 0.15) is 39.1 Å². The van der Waals surface area contributed by atoms with Crippen LogP contribution in [0.2, 0.25) is 0 Å². The van der Waals surface area contributed by atoms with E-state index in [0.29, 0.717) is 25.1 Å². The van der Waals surface area contributed by atoms with Gasteiger partial charge >= 0.3 is 5.97 Å². The maximum Gasteiger partial charge on any atom is 0.335 e. The van der Waals surface area contributed by atoms with Gasteiger partial charge in [-0.2, -0.15) is 0 Å². The lowest BCUT2D eigenvalue weighted by molar-refractivity contribution is -0.131. The van der Waals surface area contributed by atoms with Gasteiger partial charge in [-0.3, -0.25) is 9.59 Å². The van der Waals surface area contributed by atoms with Gasteiger partial charge in [0.25, 0.3) is 0 Å². The minimum atomic E-state index is -1.01. The first kappa shape index (κ1) is 18.8. The Bertz CT molecular complexity index is 845. The van der Waals surface area contributed by atoms with Gasteiger partial charge in [0.05, 0.1) is 12.0 Å². The average molecular weight is 369 g/mol. The van der Waals surface area contributed by atoms with Crippen LogP contribution in [0.15, 0.2) is 48.5 Å². The van der Waals surface area contributed by atoms with E-state index in [1.54, 1.807) is 17.0 Å². The van der Waals surface area contributed by atoms with E-state index in [-0.39, 0.29) is 35.4 Å². The molecule has 1 unspecified atom stereocenters. The highest BCUT2D eigenvalue weighted by atomic mass is 19.1. The second-order valence-electron chi connectivity index (χ2n) is 6.73. The van der Waals surface area contributed by atoms with Crippen LogP contribution in [-0.2, 0) is 11.2 Å². The van der Waals surface area contributed by atoms with Crippen LogP contribution < -0.4 is 0 Å². The Morgan fingerprint density at radius 1 is 1.00 bits per heavy atom. The molecule has 0 aromatic heterocycles. The summed E-state index contributed by atoms with van der Waals surface area (Å²) in [6, 6.07) is 11.7. The van der Waals surface area contributed by atoms with Gasteiger partial charge in [-0.15, -0.1) is 0 Å². The standard InChI is InChI=1S/C21H20FNO4/c22-18-9-7-15(8-10-18)20(25)17-2-1-11-23(13-17)19(24)12-14-3-5-16(6-4-14)21(26)27/h3-10,17H,1-2,11-13H2,(H,26,27). The van der Waals surface area contributed by atoms with Crippen LogP contribution in [0.4, 0.5) is 4.39 Å². The monoisotopic (exact) mass is 369 g/mol. The fraction of sp³-hybridized carbons (Fsp3) is 0.286. The van der Waals surface area contributed by atoms with E-state index in [1.807, 2.05) is 0 Å². The van der Waals surface area contributed by atoms with Gasteiger partial charge in [-0.25, -0.2) is 9.18 Å². The van der Waals surface area contributed by atoms with Crippen molar-refractivity contribution in [3.05, 3.63) is 71.0 Å². The van der Waals surface area contributed by atoms with Gasteiger partial charge < -0.3 is 10.0 Å². The van der Waals surface area contributed by atoms with Crippen LogP contribution in [-0.4, -0.2) is 40.8 Å². The van der Waals surface area contributed by atoms with Crippen molar-refractivity contribution in [2.24, 2.45) is 5.92 Å². The number of amides is 1. The molecule has 1 N–H and O–H groups in total. The SMILES string of the molecule is O=C(O)c1ccc(CC(=O)N2CCCC(C(=O)c3ccc(F)cc3)C2)cc1. The first-order valence-electron chi connectivity index (χ1n) is 8.84. The fourth-order valence-electron chi connectivity index (χ4n) is 3.32. The van der Waals surface area contributed by atoms with E-state index in [2.05, 4.69) is 0 Å². The Balaban J connectivity index is 1.63. The molecule has 3 rings (SSSR count). The second-order valence-corrected chi connectivity index (χ2v) is 6.73. The summed E-state index contributed by atoms with van der Waals surface area (Å²) in [4.78, 5) is 37.8. The highest BCUT2D eigenvalue weighted by Gasteiger charge is 2.29. The molecular weight excluding hydrogens is 349 g/mol. The number of hydrogen-bond acceptors (Lipinski definition) is 3. The summed E-state index contributed by atoms with van der Waals surface area (Å²) in [7, 11) is 0. The Hall–Kier alpha value is -3.02. The van der Waals surface area contributed by atoms with Gasteiger partial charge in [-0.05, 0) is 54.8 Å². The molecule has 27 heavy (non-hydrogen) atoms. The molecular formula is C21H20FNO4. The predicted octanol–water partition coefficient (Wildman–Crippen LogP) is 3.19. The van der Waals surface area contributed by atoms with Gasteiger partial charge in [0.1, 0.15) is 5.82 Å². The third-order valence-electron chi connectivity index (χ3n) is 4.83. The van der Waals surface area contributed by atoms with Crippen molar-refractivity contribution >= 4 is 17.7 Å².